The molecule has 0 fully saturated rings. The maximum atomic E-state index is 13.3. The van der Waals surface area contributed by atoms with Crippen molar-refractivity contribution >= 4 is 16.0 Å². The van der Waals surface area contributed by atoms with Crippen molar-refractivity contribution in [1.82, 2.24) is 4.31 Å². The monoisotopic (exact) mass is 332 g/mol. The van der Waals surface area contributed by atoms with Gasteiger partial charge in [0.1, 0.15) is 0 Å². The molecule has 21 heavy (non-hydrogen) atoms. The Morgan fingerprint density at radius 1 is 1.00 bits per heavy atom. The number of hydrogen-bond donors (Lipinski definition) is 0. The molecule has 1 aromatic carbocycles. The van der Waals surface area contributed by atoms with E-state index in [1.165, 1.54) is 0 Å². The van der Waals surface area contributed by atoms with Gasteiger partial charge in [0.05, 0.1) is 18.3 Å². The normalized spacial score (nSPS) is 12.0. The molecular formula is C10H7F5NO4S-. The zero-order valence-corrected chi connectivity index (χ0v) is 11.1. The Kier molecular flexibility index (Phi) is 4.89. The topological polar surface area (TPSA) is 77.5 Å². The van der Waals surface area contributed by atoms with Gasteiger partial charge < -0.3 is 9.90 Å². The third kappa shape index (κ3) is 3.47. The van der Waals surface area contributed by atoms with Crippen molar-refractivity contribution in [2.24, 2.45) is 0 Å². The summed E-state index contributed by atoms with van der Waals surface area (Å²) in [7, 11) is -3.88. The van der Waals surface area contributed by atoms with E-state index < -0.39 is 62.9 Å². The first-order valence-corrected chi connectivity index (χ1v) is 6.74. The molecule has 0 bridgehead atoms. The molecule has 0 atom stereocenters. The van der Waals surface area contributed by atoms with Crippen LogP contribution in [0.2, 0.25) is 0 Å². The van der Waals surface area contributed by atoms with Crippen molar-refractivity contribution in [3.63, 3.8) is 0 Å². The predicted molar refractivity (Wildman–Crippen MR) is 56.5 cm³/mol. The Morgan fingerprint density at radius 2 is 1.38 bits per heavy atom. The number of rotatable bonds is 5. The van der Waals surface area contributed by atoms with Crippen LogP contribution in [-0.4, -0.2) is 32.3 Å². The van der Waals surface area contributed by atoms with Crippen molar-refractivity contribution in [2.45, 2.75) is 5.75 Å². The van der Waals surface area contributed by atoms with Crippen LogP contribution in [0.5, 0.6) is 0 Å². The quantitative estimate of drug-likeness (QED) is 0.428. The SMILES string of the molecule is CN(CC(=O)[O-])S(=O)(=O)Cc1c(F)c(F)c(F)c(F)c1F. The third-order valence-electron chi connectivity index (χ3n) is 2.45. The van der Waals surface area contributed by atoms with Crippen molar-refractivity contribution < 1.29 is 40.3 Å². The average Bonchev–Trinajstić information content (AvgIpc) is 2.38. The molecule has 1 rings (SSSR count). The maximum absolute atomic E-state index is 13.3. The lowest BCUT2D eigenvalue weighted by Crippen LogP contribution is -2.39. The number of carbonyl (C=O) groups excluding carboxylic acids is 1. The van der Waals surface area contributed by atoms with E-state index in [9.17, 15) is 40.3 Å². The summed E-state index contributed by atoms with van der Waals surface area (Å²) in [5, 5.41) is 10.3. The van der Waals surface area contributed by atoms with Crippen molar-refractivity contribution in [3.8, 4) is 0 Å². The number of carbonyl (C=O) groups is 1. The van der Waals surface area contributed by atoms with E-state index in [0.29, 0.717) is 0 Å². The van der Waals surface area contributed by atoms with Crippen LogP contribution in [-0.2, 0) is 20.6 Å². The number of aliphatic carboxylic acids is 1. The summed E-state index contributed by atoms with van der Waals surface area (Å²) >= 11 is 0. The predicted octanol–water partition coefficient (Wildman–Crippen LogP) is -0.106. The Labute approximate surface area is 115 Å². The molecule has 0 aliphatic heterocycles. The highest BCUT2D eigenvalue weighted by atomic mass is 32.2. The number of sulfonamides is 1. The number of benzene rings is 1. The summed E-state index contributed by atoms with van der Waals surface area (Å²) in [5.41, 5.74) is -1.57. The second-order valence-electron chi connectivity index (χ2n) is 3.93. The van der Waals surface area contributed by atoms with Crippen molar-refractivity contribution in [3.05, 3.63) is 34.6 Å². The molecule has 0 aromatic heterocycles. The van der Waals surface area contributed by atoms with Gasteiger partial charge in [0, 0.05) is 12.6 Å². The second-order valence-corrected chi connectivity index (χ2v) is 6.01. The number of nitrogens with zero attached hydrogens (tertiary/aromatic N) is 1. The lowest BCUT2D eigenvalue weighted by Gasteiger charge is -2.18. The second kappa shape index (κ2) is 5.93. The average molecular weight is 332 g/mol. The molecule has 0 N–H and O–H groups in total. The molecule has 0 spiro atoms. The first kappa shape index (κ1) is 17.3. The van der Waals surface area contributed by atoms with Gasteiger partial charge >= 0.3 is 0 Å². The summed E-state index contributed by atoms with van der Waals surface area (Å²) < 4.78 is 88.6. The minimum absolute atomic E-state index is 0.153. The fourth-order valence-corrected chi connectivity index (χ4v) is 2.49. The first-order valence-electron chi connectivity index (χ1n) is 5.13. The van der Waals surface area contributed by atoms with Gasteiger partial charge in [0.15, 0.2) is 23.3 Å². The molecule has 0 aliphatic rings. The summed E-state index contributed by atoms with van der Waals surface area (Å²) in [4.78, 5) is 10.3. The van der Waals surface area contributed by atoms with E-state index in [-0.39, 0.29) is 4.31 Å². The van der Waals surface area contributed by atoms with E-state index in [0.717, 1.165) is 7.05 Å². The van der Waals surface area contributed by atoms with Gasteiger partial charge in [0.2, 0.25) is 15.8 Å². The molecule has 0 saturated carbocycles. The van der Waals surface area contributed by atoms with E-state index in [2.05, 4.69) is 0 Å². The van der Waals surface area contributed by atoms with Gasteiger partial charge in [-0.25, -0.2) is 30.4 Å². The lowest BCUT2D eigenvalue weighted by molar-refractivity contribution is -0.305. The fraction of sp³-hybridized carbons (Fsp3) is 0.300. The minimum Gasteiger partial charge on any atom is -0.549 e. The minimum atomic E-state index is -4.62. The van der Waals surface area contributed by atoms with E-state index in [1.54, 1.807) is 0 Å². The standard InChI is InChI=1S/C10H8F5NO4S/c1-16(2-5(17)18)21(19,20)3-4-6(11)8(13)10(15)9(14)7(4)12/h2-3H2,1H3,(H,17,18)/p-1. The van der Waals surface area contributed by atoms with Crippen LogP contribution in [0.3, 0.4) is 0 Å². The summed E-state index contributed by atoms with van der Waals surface area (Å²) in [6.45, 7) is -1.14. The number of carboxylic acid groups (broad SMARTS) is 1. The van der Waals surface area contributed by atoms with E-state index in [1.807, 2.05) is 0 Å². The largest absolute Gasteiger partial charge is 0.549 e. The molecule has 0 saturated heterocycles. The maximum Gasteiger partial charge on any atom is 0.218 e. The van der Waals surface area contributed by atoms with E-state index in [4.69, 9.17) is 0 Å². The Balaban J connectivity index is 3.29. The van der Waals surface area contributed by atoms with Gasteiger partial charge in [-0.2, -0.15) is 4.31 Å². The molecule has 0 unspecified atom stereocenters. The van der Waals surface area contributed by atoms with Crippen molar-refractivity contribution in [2.75, 3.05) is 13.6 Å². The smallest absolute Gasteiger partial charge is 0.218 e. The fourth-order valence-electron chi connectivity index (χ4n) is 1.35. The van der Waals surface area contributed by atoms with Crippen LogP contribution < -0.4 is 5.11 Å². The molecule has 118 valence electrons. The van der Waals surface area contributed by atoms with E-state index >= 15 is 0 Å². The molecule has 0 aliphatic carbocycles. The highest BCUT2D eigenvalue weighted by Crippen LogP contribution is 2.25. The summed E-state index contributed by atoms with van der Waals surface area (Å²) in [5.74, 6) is -15.0. The Morgan fingerprint density at radius 3 is 1.76 bits per heavy atom. The molecule has 11 heteroatoms. The molecule has 0 radical (unpaired) electrons. The molecule has 0 amide bonds. The Hall–Kier alpha value is -1.75. The molecular weight excluding hydrogens is 325 g/mol. The van der Waals surface area contributed by atoms with Crippen LogP contribution >= 0.6 is 0 Å². The summed E-state index contributed by atoms with van der Waals surface area (Å²) in [6, 6.07) is 0. The van der Waals surface area contributed by atoms with Gasteiger partial charge in [-0.3, -0.25) is 0 Å². The number of likely N-dealkylation sites (N-methyl/N-ethyl adjacent to an activating group) is 1. The van der Waals surface area contributed by atoms with Gasteiger partial charge in [-0.1, -0.05) is 0 Å². The first-order chi connectivity index (χ1) is 9.49. The Bertz CT molecular complexity index is 662. The van der Waals surface area contributed by atoms with Crippen LogP contribution in [0.4, 0.5) is 22.0 Å². The van der Waals surface area contributed by atoms with Crippen LogP contribution in [0, 0.1) is 29.1 Å². The lowest BCUT2D eigenvalue weighted by atomic mass is 10.2. The zero-order chi connectivity index (χ0) is 16.5. The van der Waals surface area contributed by atoms with Crippen LogP contribution in [0.1, 0.15) is 5.56 Å². The highest BCUT2D eigenvalue weighted by Gasteiger charge is 2.30. The van der Waals surface area contributed by atoms with Gasteiger partial charge in [-0.15, -0.1) is 0 Å². The molecule has 0 heterocycles. The van der Waals surface area contributed by atoms with Crippen LogP contribution in [0.15, 0.2) is 0 Å². The summed E-state index contributed by atoms with van der Waals surface area (Å²) in [6.07, 6.45) is 0. The van der Waals surface area contributed by atoms with Gasteiger partial charge in [-0.05, 0) is 0 Å². The highest BCUT2D eigenvalue weighted by molar-refractivity contribution is 7.88. The molecule has 5 nitrogen and oxygen atoms in total. The van der Waals surface area contributed by atoms with Crippen molar-refractivity contribution in [1.29, 1.82) is 0 Å². The number of hydrogen-bond acceptors (Lipinski definition) is 4. The van der Waals surface area contributed by atoms with Gasteiger partial charge in [0.25, 0.3) is 0 Å². The zero-order valence-electron chi connectivity index (χ0n) is 10.3. The number of halogens is 5. The van der Waals surface area contributed by atoms with Crippen LogP contribution in [0.25, 0.3) is 0 Å². The molecule has 1 aromatic rings. The third-order valence-corrected chi connectivity index (χ3v) is 4.19. The number of carboxylic acids is 1.